The standard InChI is InChI=1S/C27H44O2/c1-3-5-6-7-8-9-10-11-12-13-14-15-16-17-23-26(27(28)29)25-22-19-18-21-24(25)20-4-2/h4,18-19,21-22,26H,2-3,5-17,20,23H2,1H3,(H,28,29). The van der Waals surface area contributed by atoms with E-state index in [0.717, 1.165) is 36.8 Å². The minimum Gasteiger partial charge on any atom is -0.481 e. The van der Waals surface area contributed by atoms with E-state index in [2.05, 4.69) is 13.5 Å². The number of carboxylic acids is 1. The van der Waals surface area contributed by atoms with Crippen LogP contribution in [-0.4, -0.2) is 11.1 Å². The van der Waals surface area contributed by atoms with E-state index < -0.39 is 5.97 Å². The third kappa shape index (κ3) is 11.9. The Morgan fingerprint density at radius 1 is 0.862 bits per heavy atom. The monoisotopic (exact) mass is 400 g/mol. The zero-order valence-electron chi connectivity index (χ0n) is 18.8. The maximum absolute atomic E-state index is 11.8. The van der Waals surface area contributed by atoms with Gasteiger partial charge in [0, 0.05) is 0 Å². The topological polar surface area (TPSA) is 37.3 Å². The van der Waals surface area contributed by atoms with Crippen molar-refractivity contribution in [3.8, 4) is 0 Å². The molecule has 29 heavy (non-hydrogen) atoms. The lowest BCUT2D eigenvalue weighted by molar-refractivity contribution is -0.139. The van der Waals surface area contributed by atoms with Crippen LogP contribution in [0.5, 0.6) is 0 Å². The number of rotatable bonds is 19. The second kappa shape index (κ2) is 17.3. The summed E-state index contributed by atoms with van der Waals surface area (Å²) in [4.78, 5) is 11.8. The lowest BCUT2D eigenvalue weighted by Crippen LogP contribution is -2.13. The Balaban J connectivity index is 2.11. The van der Waals surface area contributed by atoms with Crippen molar-refractivity contribution in [2.24, 2.45) is 0 Å². The van der Waals surface area contributed by atoms with E-state index in [1.807, 2.05) is 30.3 Å². The predicted molar refractivity (Wildman–Crippen MR) is 126 cm³/mol. The molecule has 0 aliphatic rings. The zero-order chi connectivity index (χ0) is 21.2. The number of carboxylic acid groups (broad SMARTS) is 1. The SMILES string of the molecule is C=CCc1ccccc1C(CCCCCCCCCCCCCCCC)C(=O)O. The first-order chi connectivity index (χ1) is 14.2. The Labute approximate surface area is 179 Å². The maximum atomic E-state index is 11.8. The molecule has 0 saturated heterocycles. The summed E-state index contributed by atoms with van der Waals surface area (Å²) in [6.07, 6.45) is 21.9. The van der Waals surface area contributed by atoms with Crippen molar-refractivity contribution in [3.63, 3.8) is 0 Å². The van der Waals surface area contributed by atoms with Crippen molar-refractivity contribution in [3.05, 3.63) is 48.0 Å². The summed E-state index contributed by atoms with van der Waals surface area (Å²) in [6, 6.07) is 7.93. The second-order valence-corrected chi connectivity index (χ2v) is 8.47. The fourth-order valence-corrected chi connectivity index (χ4v) is 4.17. The normalized spacial score (nSPS) is 12.0. The van der Waals surface area contributed by atoms with E-state index >= 15 is 0 Å². The van der Waals surface area contributed by atoms with Gasteiger partial charge in [-0.05, 0) is 24.0 Å². The predicted octanol–water partition coefficient (Wildman–Crippen LogP) is 8.45. The highest BCUT2D eigenvalue weighted by Gasteiger charge is 2.21. The molecule has 1 atom stereocenters. The van der Waals surface area contributed by atoms with Gasteiger partial charge in [0.1, 0.15) is 0 Å². The second-order valence-electron chi connectivity index (χ2n) is 8.47. The lowest BCUT2D eigenvalue weighted by Gasteiger charge is -2.16. The van der Waals surface area contributed by atoms with E-state index in [-0.39, 0.29) is 5.92 Å². The number of aliphatic carboxylic acids is 1. The van der Waals surface area contributed by atoms with Crippen LogP contribution in [0.1, 0.15) is 120 Å². The quantitative estimate of drug-likeness (QED) is 0.187. The third-order valence-corrected chi connectivity index (χ3v) is 5.94. The highest BCUT2D eigenvalue weighted by atomic mass is 16.4. The Bertz CT molecular complexity index is 549. The van der Waals surface area contributed by atoms with Gasteiger partial charge >= 0.3 is 5.97 Å². The van der Waals surface area contributed by atoms with Crippen molar-refractivity contribution in [2.75, 3.05) is 0 Å². The van der Waals surface area contributed by atoms with Gasteiger partial charge in [-0.2, -0.15) is 0 Å². The van der Waals surface area contributed by atoms with Crippen molar-refractivity contribution in [2.45, 2.75) is 116 Å². The molecule has 0 spiro atoms. The summed E-state index contributed by atoms with van der Waals surface area (Å²) in [5.41, 5.74) is 2.06. The minimum atomic E-state index is -0.698. The van der Waals surface area contributed by atoms with Crippen LogP contribution in [0, 0.1) is 0 Å². The molecule has 1 N–H and O–H groups in total. The van der Waals surface area contributed by atoms with Crippen LogP contribution in [0.15, 0.2) is 36.9 Å². The van der Waals surface area contributed by atoms with Crippen molar-refractivity contribution < 1.29 is 9.90 Å². The molecule has 1 rings (SSSR count). The van der Waals surface area contributed by atoms with Crippen LogP contribution < -0.4 is 0 Å². The third-order valence-electron chi connectivity index (χ3n) is 5.94. The Morgan fingerprint density at radius 2 is 1.34 bits per heavy atom. The number of hydrogen-bond donors (Lipinski definition) is 1. The van der Waals surface area contributed by atoms with Crippen LogP contribution in [0.3, 0.4) is 0 Å². The first-order valence-corrected chi connectivity index (χ1v) is 12.1. The molecule has 0 heterocycles. The average Bonchev–Trinajstić information content (AvgIpc) is 2.72. The van der Waals surface area contributed by atoms with E-state index in [0.29, 0.717) is 0 Å². The molecular weight excluding hydrogens is 356 g/mol. The molecule has 1 aromatic carbocycles. The lowest BCUT2D eigenvalue weighted by atomic mass is 9.88. The van der Waals surface area contributed by atoms with Gasteiger partial charge in [0.2, 0.25) is 0 Å². The van der Waals surface area contributed by atoms with Gasteiger partial charge in [-0.1, -0.05) is 127 Å². The van der Waals surface area contributed by atoms with E-state index in [4.69, 9.17) is 0 Å². The summed E-state index contributed by atoms with van der Waals surface area (Å²) in [5.74, 6) is -1.08. The Kier molecular flexibility index (Phi) is 15.2. The summed E-state index contributed by atoms with van der Waals surface area (Å²) in [7, 11) is 0. The van der Waals surface area contributed by atoms with E-state index in [1.165, 1.54) is 77.0 Å². The molecule has 0 fully saturated rings. The molecule has 0 bridgehead atoms. The number of carbonyl (C=O) groups is 1. The van der Waals surface area contributed by atoms with Crippen LogP contribution in [0.2, 0.25) is 0 Å². The first-order valence-electron chi connectivity index (χ1n) is 12.1. The van der Waals surface area contributed by atoms with Gasteiger partial charge in [0.15, 0.2) is 0 Å². The fraction of sp³-hybridized carbons (Fsp3) is 0.667. The number of allylic oxidation sites excluding steroid dienone is 1. The molecule has 0 aromatic heterocycles. The molecular formula is C27H44O2. The summed E-state index contributed by atoms with van der Waals surface area (Å²) >= 11 is 0. The van der Waals surface area contributed by atoms with Gasteiger partial charge in [-0.15, -0.1) is 6.58 Å². The van der Waals surface area contributed by atoms with Crippen molar-refractivity contribution in [1.29, 1.82) is 0 Å². The minimum absolute atomic E-state index is 0.386. The molecule has 0 aliphatic carbocycles. The smallest absolute Gasteiger partial charge is 0.310 e. The molecule has 0 radical (unpaired) electrons. The van der Waals surface area contributed by atoms with Crippen LogP contribution in [0.4, 0.5) is 0 Å². The van der Waals surface area contributed by atoms with Crippen LogP contribution in [-0.2, 0) is 11.2 Å². The van der Waals surface area contributed by atoms with Gasteiger partial charge in [-0.3, -0.25) is 4.79 Å². The fourth-order valence-electron chi connectivity index (χ4n) is 4.17. The van der Waals surface area contributed by atoms with Crippen LogP contribution in [0.25, 0.3) is 0 Å². The maximum Gasteiger partial charge on any atom is 0.310 e. The average molecular weight is 401 g/mol. The molecule has 0 amide bonds. The van der Waals surface area contributed by atoms with Crippen molar-refractivity contribution >= 4 is 5.97 Å². The molecule has 1 aromatic rings. The number of hydrogen-bond acceptors (Lipinski definition) is 1. The molecule has 1 unspecified atom stereocenters. The molecule has 0 aliphatic heterocycles. The molecule has 2 heteroatoms. The number of benzene rings is 1. The first kappa shape index (κ1) is 25.5. The van der Waals surface area contributed by atoms with Crippen LogP contribution >= 0.6 is 0 Å². The summed E-state index contributed by atoms with van der Waals surface area (Å²) in [6.45, 7) is 6.07. The Morgan fingerprint density at radius 3 is 1.83 bits per heavy atom. The van der Waals surface area contributed by atoms with E-state index in [9.17, 15) is 9.90 Å². The summed E-state index contributed by atoms with van der Waals surface area (Å²) < 4.78 is 0. The van der Waals surface area contributed by atoms with Gasteiger partial charge in [0.05, 0.1) is 5.92 Å². The molecule has 164 valence electrons. The Hall–Kier alpha value is -1.57. The molecule has 0 saturated carbocycles. The van der Waals surface area contributed by atoms with Crippen molar-refractivity contribution in [1.82, 2.24) is 0 Å². The zero-order valence-corrected chi connectivity index (χ0v) is 18.8. The van der Waals surface area contributed by atoms with E-state index in [1.54, 1.807) is 0 Å². The summed E-state index contributed by atoms with van der Waals surface area (Å²) in [5, 5.41) is 9.70. The van der Waals surface area contributed by atoms with Gasteiger partial charge in [-0.25, -0.2) is 0 Å². The van der Waals surface area contributed by atoms with Gasteiger partial charge < -0.3 is 5.11 Å². The molecule has 2 nitrogen and oxygen atoms in total. The number of unbranched alkanes of at least 4 members (excludes halogenated alkanes) is 13. The van der Waals surface area contributed by atoms with Gasteiger partial charge in [0.25, 0.3) is 0 Å². The highest BCUT2D eigenvalue weighted by Crippen LogP contribution is 2.27. The largest absolute Gasteiger partial charge is 0.481 e. The highest BCUT2D eigenvalue weighted by molar-refractivity contribution is 5.76.